The smallest absolute Gasteiger partial charge is 0.278 e. The third-order valence-corrected chi connectivity index (χ3v) is 5.55. The van der Waals surface area contributed by atoms with E-state index < -0.39 is 5.91 Å². The highest BCUT2D eigenvalue weighted by Gasteiger charge is 2.18. The lowest BCUT2D eigenvalue weighted by Crippen LogP contribution is -2.12. The number of amides is 1. The van der Waals surface area contributed by atoms with Gasteiger partial charge in [-0.2, -0.15) is 5.10 Å². The Morgan fingerprint density at radius 3 is 2.70 bits per heavy atom. The molecule has 0 spiro atoms. The van der Waals surface area contributed by atoms with Crippen LogP contribution in [0.5, 0.6) is 0 Å². The van der Waals surface area contributed by atoms with E-state index in [2.05, 4.69) is 19.9 Å². The highest BCUT2D eigenvalue weighted by Crippen LogP contribution is 2.32. The molecule has 160 valence electrons. The van der Waals surface area contributed by atoms with Crippen molar-refractivity contribution < 1.29 is 9.18 Å². The van der Waals surface area contributed by atoms with Crippen molar-refractivity contribution in [1.29, 1.82) is 0 Å². The largest absolute Gasteiger partial charge is 0.304 e. The maximum atomic E-state index is 13.5. The summed E-state index contributed by atoms with van der Waals surface area (Å²) in [7, 11) is 0. The zero-order valence-electron chi connectivity index (χ0n) is 16.8. The molecule has 1 N–H and O–H groups in total. The van der Waals surface area contributed by atoms with Crippen molar-refractivity contribution >= 4 is 34.6 Å². The molecule has 0 radical (unpaired) electrons. The highest BCUT2D eigenvalue weighted by molar-refractivity contribution is 7.03. The van der Waals surface area contributed by atoms with Gasteiger partial charge in [-0.3, -0.25) is 9.20 Å². The summed E-state index contributed by atoms with van der Waals surface area (Å²) in [5, 5.41) is 12.7. The summed E-state index contributed by atoms with van der Waals surface area (Å²) in [6.45, 7) is 0. The molecular formula is C22H13FN8OS. The number of imidazole rings is 2. The van der Waals surface area contributed by atoms with Gasteiger partial charge < -0.3 is 5.32 Å². The van der Waals surface area contributed by atoms with Crippen LogP contribution in [0.3, 0.4) is 0 Å². The summed E-state index contributed by atoms with van der Waals surface area (Å²) >= 11 is 1.10. The number of anilines is 1. The lowest BCUT2D eigenvalue weighted by Gasteiger charge is -2.05. The van der Waals surface area contributed by atoms with Crippen LogP contribution in [0.4, 0.5) is 10.2 Å². The maximum absolute atomic E-state index is 13.5. The molecule has 33 heavy (non-hydrogen) atoms. The molecule has 1 aromatic carbocycles. The molecule has 6 aromatic rings. The summed E-state index contributed by atoms with van der Waals surface area (Å²) in [6, 6.07) is 15.5. The molecule has 0 bridgehead atoms. The van der Waals surface area contributed by atoms with Crippen molar-refractivity contribution in [2.45, 2.75) is 0 Å². The Kier molecular flexibility index (Phi) is 4.40. The van der Waals surface area contributed by atoms with Gasteiger partial charge in [0.25, 0.3) is 5.91 Å². The van der Waals surface area contributed by atoms with Gasteiger partial charge in [-0.05, 0) is 60.1 Å². The molecule has 0 saturated carbocycles. The minimum Gasteiger partial charge on any atom is -0.304 e. The summed E-state index contributed by atoms with van der Waals surface area (Å²) in [5.74, 6) is -0.368. The van der Waals surface area contributed by atoms with Gasteiger partial charge >= 0.3 is 0 Å². The zero-order chi connectivity index (χ0) is 22.4. The number of hydrogen-bond donors (Lipinski definition) is 1. The van der Waals surface area contributed by atoms with Crippen LogP contribution < -0.4 is 5.32 Å². The first-order valence-corrected chi connectivity index (χ1v) is 10.7. The first-order chi connectivity index (χ1) is 16.2. The van der Waals surface area contributed by atoms with Crippen LogP contribution >= 0.6 is 11.5 Å². The fraction of sp³-hybridized carbons (Fsp3) is 0. The Hall–Kier alpha value is -4.51. The SMILES string of the molecule is O=C(Nc1cn2nc(-c3c(-c4ccc(F)cc4)nc4ccccn34)ccc2n1)c1csnn1. The number of carbonyl (C=O) groups is 1. The topological polar surface area (TPSA) is 102 Å². The van der Waals surface area contributed by atoms with Gasteiger partial charge in [0.1, 0.15) is 22.9 Å². The van der Waals surface area contributed by atoms with Gasteiger partial charge in [0, 0.05) is 17.1 Å². The van der Waals surface area contributed by atoms with E-state index in [-0.39, 0.29) is 11.5 Å². The Morgan fingerprint density at radius 1 is 1.00 bits per heavy atom. The van der Waals surface area contributed by atoms with Gasteiger partial charge in [0.15, 0.2) is 17.2 Å². The lowest BCUT2D eigenvalue weighted by atomic mass is 10.1. The van der Waals surface area contributed by atoms with Crippen molar-refractivity contribution in [2.75, 3.05) is 5.32 Å². The quantitative estimate of drug-likeness (QED) is 0.431. The number of carbonyl (C=O) groups excluding carboxylic acids is 1. The first kappa shape index (κ1) is 19.2. The van der Waals surface area contributed by atoms with Crippen LogP contribution in [0.2, 0.25) is 0 Å². The second-order valence-electron chi connectivity index (χ2n) is 7.14. The van der Waals surface area contributed by atoms with Crippen LogP contribution in [0, 0.1) is 5.82 Å². The molecule has 9 nitrogen and oxygen atoms in total. The van der Waals surface area contributed by atoms with E-state index in [0.29, 0.717) is 22.9 Å². The number of hydrogen-bond acceptors (Lipinski definition) is 7. The second kappa shape index (κ2) is 7.57. The van der Waals surface area contributed by atoms with E-state index in [1.807, 2.05) is 34.9 Å². The lowest BCUT2D eigenvalue weighted by molar-refractivity contribution is 0.102. The van der Waals surface area contributed by atoms with Crippen LogP contribution in [-0.4, -0.2) is 39.5 Å². The molecule has 5 heterocycles. The standard InChI is InChI=1S/C22H13FN8OS/c23-14-6-4-13(5-7-14)20-21(30-10-2-1-3-18(30)26-20)15-8-9-19-24-17(11-31(19)28-15)25-22(32)16-12-33-29-27-16/h1-12H,(H,25,32). The number of benzene rings is 1. The third-order valence-electron chi connectivity index (χ3n) is 5.04. The van der Waals surface area contributed by atoms with E-state index in [4.69, 9.17) is 10.1 Å². The number of halogens is 1. The van der Waals surface area contributed by atoms with Gasteiger partial charge in [0.05, 0.1) is 11.9 Å². The van der Waals surface area contributed by atoms with Crippen molar-refractivity contribution in [3.05, 3.63) is 83.9 Å². The van der Waals surface area contributed by atoms with Crippen molar-refractivity contribution in [1.82, 2.24) is 33.6 Å². The predicted molar refractivity (Wildman–Crippen MR) is 120 cm³/mol. The minimum absolute atomic E-state index is 0.223. The number of nitrogens with zero attached hydrogens (tertiary/aromatic N) is 7. The monoisotopic (exact) mass is 456 g/mol. The summed E-state index contributed by atoms with van der Waals surface area (Å²) in [5.41, 5.74) is 4.36. The molecule has 0 aliphatic rings. The van der Waals surface area contributed by atoms with Crippen molar-refractivity contribution in [2.24, 2.45) is 0 Å². The van der Waals surface area contributed by atoms with Crippen molar-refractivity contribution in [3.63, 3.8) is 0 Å². The van der Waals surface area contributed by atoms with Crippen LogP contribution in [0.25, 0.3) is 33.9 Å². The van der Waals surface area contributed by atoms with Gasteiger partial charge in [0.2, 0.25) is 0 Å². The van der Waals surface area contributed by atoms with E-state index in [0.717, 1.165) is 28.4 Å². The molecule has 0 aliphatic carbocycles. The number of rotatable bonds is 4. The van der Waals surface area contributed by atoms with Crippen LogP contribution in [-0.2, 0) is 0 Å². The van der Waals surface area contributed by atoms with Gasteiger partial charge in [-0.25, -0.2) is 18.9 Å². The second-order valence-corrected chi connectivity index (χ2v) is 7.75. The molecule has 0 aliphatic heterocycles. The van der Waals surface area contributed by atoms with E-state index >= 15 is 0 Å². The molecule has 5 aromatic heterocycles. The number of nitrogens with one attached hydrogen (secondary N) is 1. The molecule has 6 rings (SSSR count). The van der Waals surface area contributed by atoms with Crippen LogP contribution in [0.1, 0.15) is 10.5 Å². The first-order valence-electron chi connectivity index (χ1n) is 9.84. The predicted octanol–water partition coefficient (Wildman–Crippen LogP) is 3.95. The Labute approximate surface area is 189 Å². The average Bonchev–Trinajstić information content (AvgIpc) is 3.57. The Bertz CT molecular complexity index is 1620. The van der Waals surface area contributed by atoms with Gasteiger partial charge in [-0.1, -0.05) is 10.6 Å². The molecular weight excluding hydrogens is 443 g/mol. The minimum atomic E-state index is -0.396. The molecule has 0 atom stereocenters. The number of aromatic nitrogens is 7. The van der Waals surface area contributed by atoms with E-state index in [1.54, 1.807) is 34.3 Å². The molecule has 0 saturated heterocycles. The fourth-order valence-electron chi connectivity index (χ4n) is 3.56. The Morgan fingerprint density at radius 2 is 1.88 bits per heavy atom. The molecule has 0 fully saturated rings. The highest BCUT2D eigenvalue weighted by atomic mass is 32.1. The number of pyridine rings is 1. The van der Waals surface area contributed by atoms with Gasteiger partial charge in [-0.15, -0.1) is 5.10 Å². The Balaban J connectivity index is 1.45. The zero-order valence-corrected chi connectivity index (χ0v) is 17.6. The van der Waals surface area contributed by atoms with E-state index in [1.165, 1.54) is 12.1 Å². The van der Waals surface area contributed by atoms with Crippen LogP contribution in [0.15, 0.2) is 72.4 Å². The third kappa shape index (κ3) is 3.40. The summed E-state index contributed by atoms with van der Waals surface area (Å²) < 4.78 is 20.7. The maximum Gasteiger partial charge on any atom is 0.278 e. The summed E-state index contributed by atoms with van der Waals surface area (Å²) in [4.78, 5) is 21.4. The summed E-state index contributed by atoms with van der Waals surface area (Å²) in [6.07, 6.45) is 3.52. The van der Waals surface area contributed by atoms with E-state index in [9.17, 15) is 9.18 Å². The number of fused-ring (bicyclic) bond motifs is 2. The fourth-order valence-corrected chi connectivity index (χ4v) is 4.00. The van der Waals surface area contributed by atoms with Crippen molar-refractivity contribution in [3.8, 4) is 22.6 Å². The molecule has 0 unspecified atom stereocenters. The molecule has 1 amide bonds. The molecule has 11 heteroatoms. The average molecular weight is 456 g/mol. The normalized spacial score (nSPS) is 11.3.